The second kappa shape index (κ2) is 6.63. The highest BCUT2D eigenvalue weighted by atomic mass is 19.4. The maximum atomic E-state index is 12.5. The molecule has 1 aliphatic heterocycles. The number of carbonyl (C=O) groups excluding carboxylic acids is 1. The van der Waals surface area contributed by atoms with Crippen molar-refractivity contribution in [2.75, 3.05) is 6.54 Å². The number of rotatable bonds is 4. The van der Waals surface area contributed by atoms with Crippen molar-refractivity contribution in [1.29, 1.82) is 0 Å². The third kappa shape index (κ3) is 4.01. The number of ether oxygens (including phenoxy) is 1. The first kappa shape index (κ1) is 17.1. The maximum absolute atomic E-state index is 12.5. The van der Waals surface area contributed by atoms with Gasteiger partial charge in [0.25, 0.3) is 0 Å². The van der Waals surface area contributed by atoms with Crippen LogP contribution in [-0.4, -0.2) is 30.9 Å². The van der Waals surface area contributed by atoms with E-state index in [4.69, 9.17) is 0 Å². The molecule has 0 aromatic heterocycles. The largest absolute Gasteiger partial charge is 0.573 e. The summed E-state index contributed by atoms with van der Waals surface area (Å²) in [6.07, 6.45) is -2.25. The molecular weight excluding hydrogens is 321 g/mol. The Kier molecular flexibility index (Phi) is 4.71. The Balaban J connectivity index is 1.63. The van der Waals surface area contributed by atoms with Crippen molar-refractivity contribution in [3.05, 3.63) is 29.8 Å². The Morgan fingerprint density at radius 1 is 1.33 bits per heavy atom. The standard InChI is InChI=1S/C17H21F3N2O2/c1-10-14(6-4-8-21-10)22-16(23)13-9-12(13)11-5-2-3-7-15(11)24-17(18,19)20/h2-3,5,7,10,12-14,21H,4,6,8-9H2,1H3,(H,22,23). The monoisotopic (exact) mass is 342 g/mol. The van der Waals surface area contributed by atoms with Crippen LogP contribution in [0.2, 0.25) is 0 Å². The first-order chi connectivity index (χ1) is 11.3. The first-order valence-electron chi connectivity index (χ1n) is 8.23. The molecule has 1 aliphatic carbocycles. The Hall–Kier alpha value is -1.76. The molecule has 0 radical (unpaired) electrons. The van der Waals surface area contributed by atoms with E-state index in [0.29, 0.717) is 12.0 Å². The third-order valence-electron chi connectivity index (χ3n) is 4.76. The van der Waals surface area contributed by atoms with Gasteiger partial charge < -0.3 is 15.4 Å². The molecule has 1 aromatic rings. The highest BCUT2D eigenvalue weighted by molar-refractivity contribution is 5.83. The summed E-state index contributed by atoms with van der Waals surface area (Å²) in [6, 6.07) is 6.35. The molecule has 2 fully saturated rings. The van der Waals surface area contributed by atoms with Crippen molar-refractivity contribution in [2.45, 2.75) is 50.6 Å². The van der Waals surface area contributed by atoms with E-state index in [1.165, 1.54) is 12.1 Å². The van der Waals surface area contributed by atoms with Crippen LogP contribution in [0.15, 0.2) is 24.3 Å². The Morgan fingerprint density at radius 3 is 2.79 bits per heavy atom. The quantitative estimate of drug-likeness (QED) is 0.885. The number of hydrogen-bond acceptors (Lipinski definition) is 3. The SMILES string of the molecule is CC1NCCCC1NC(=O)C1CC1c1ccccc1OC(F)(F)F. The van der Waals surface area contributed by atoms with Crippen LogP contribution in [0, 0.1) is 5.92 Å². The molecule has 2 aliphatic rings. The number of alkyl halides is 3. The second-order valence-corrected chi connectivity index (χ2v) is 6.53. The summed E-state index contributed by atoms with van der Waals surface area (Å²) in [7, 11) is 0. The van der Waals surface area contributed by atoms with Crippen molar-refractivity contribution in [2.24, 2.45) is 5.92 Å². The molecule has 4 unspecified atom stereocenters. The highest BCUT2D eigenvalue weighted by Gasteiger charge is 2.47. The number of amides is 1. The van der Waals surface area contributed by atoms with Crippen LogP contribution in [-0.2, 0) is 4.79 Å². The number of nitrogens with one attached hydrogen (secondary N) is 2. The highest BCUT2D eigenvalue weighted by Crippen LogP contribution is 2.51. The van der Waals surface area contributed by atoms with Crippen molar-refractivity contribution in [3.63, 3.8) is 0 Å². The molecule has 7 heteroatoms. The fourth-order valence-electron chi connectivity index (χ4n) is 3.36. The molecule has 132 valence electrons. The van der Waals surface area contributed by atoms with Crippen LogP contribution in [0.1, 0.15) is 37.7 Å². The Morgan fingerprint density at radius 2 is 2.08 bits per heavy atom. The molecular formula is C17H21F3N2O2. The van der Waals surface area contributed by atoms with Crippen LogP contribution < -0.4 is 15.4 Å². The van der Waals surface area contributed by atoms with Gasteiger partial charge in [-0.2, -0.15) is 0 Å². The van der Waals surface area contributed by atoms with Gasteiger partial charge in [0.15, 0.2) is 0 Å². The zero-order valence-corrected chi connectivity index (χ0v) is 13.4. The molecule has 4 atom stereocenters. The van der Waals surface area contributed by atoms with E-state index in [1.807, 2.05) is 6.92 Å². The molecule has 2 N–H and O–H groups in total. The summed E-state index contributed by atoms with van der Waals surface area (Å²) in [5.41, 5.74) is 0.449. The zero-order chi connectivity index (χ0) is 17.3. The van der Waals surface area contributed by atoms with Gasteiger partial charge in [0, 0.05) is 18.0 Å². The van der Waals surface area contributed by atoms with Crippen molar-refractivity contribution in [1.82, 2.24) is 10.6 Å². The van der Waals surface area contributed by atoms with E-state index in [2.05, 4.69) is 15.4 Å². The van der Waals surface area contributed by atoms with E-state index in [1.54, 1.807) is 12.1 Å². The number of piperidine rings is 1. The van der Waals surface area contributed by atoms with E-state index in [9.17, 15) is 18.0 Å². The van der Waals surface area contributed by atoms with Crippen molar-refractivity contribution < 1.29 is 22.7 Å². The lowest BCUT2D eigenvalue weighted by Crippen LogP contribution is -2.52. The minimum Gasteiger partial charge on any atom is -0.405 e. The summed E-state index contributed by atoms with van der Waals surface area (Å²) in [5.74, 6) is -0.784. The van der Waals surface area contributed by atoms with Gasteiger partial charge in [0.2, 0.25) is 5.91 Å². The smallest absolute Gasteiger partial charge is 0.405 e. The van der Waals surface area contributed by atoms with Gasteiger partial charge in [-0.05, 0) is 50.3 Å². The Labute approximate surface area is 138 Å². The normalized spacial score (nSPS) is 29.8. The Bertz CT molecular complexity index is 606. The summed E-state index contributed by atoms with van der Waals surface area (Å²) >= 11 is 0. The van der Waals surface area contributed by atoms with Crippen molar-refractivity contribution >= 4 is 5.91 Å². The van der Waals surface area contributed by atoms with E-state index < -0.39 is 6.36 Å². The summed E-state index contributed by atoms with van der Waals surface area (Å²) in [5, 5.41) is 6.35. The van der Waals surface area contributed by atoms with Crippen LogP contribution in [0.25, 0.3) is 0 Å². The number of halogens is 3. The van der Waals surface area contributed by atoms with E-state index in [-0.39, 0.29) is 35.6 Å². The summed E-state index contributed by atoms with van der Waals surface area (Å²) < 4.78 is 41.6. The van der Waals surface area contributed by atoms with Gasteiger partial charge in [-0.3, -0.25) is 4.79 Å². The molecule has 1 heterocycles. The van der Waals surface area contributed by atoms with Gasteiger partial charge in [-0.25, -0.2) is 0 Å². The van der Waals surface area contributed by atoms with Crippen molar-refractivity contribution in [3.8, 4) is 5.75 Å². The van der Waals surface area contributed by atoms with Crippen LogP contribution in [0.3, 0.4) is 0 Å². The average Bonchev–Trinajstić information content (AvgIpc) is 3.29. The van der Waals surface area contributed by atoms with E-state index in [0.717, 1.165) is 19.4 Å². The van der Waals surface area contributed by atoms with Gasteiger partial charge in [-0.15, -0.1) is 13.2 Å². The van der Waals surface area contributed by atoms with Gasteiger partial charge in [-0.1, -0.05) is 18.2 Å². The lowest BCUT2D eigenvalue weighted by Gasteiger charge is -2.30. The number of hydrogen-bond donors (Lipinski definition) is 2. The maximum Gasteiger partial charge on any atom is 0.573 e. The number of benzene rings is 1. The minimum atomic E-state index is -4.73. The lowest BCUT2D eigenvalue weighted by atomic mass is 9.99. The lowest BCUT2D eigenvalue weighted by molar-refractivity contribution is -0.274. The van der Waals surface area contributed by atoms with E-state index >= 15 is 0 Å². The molecule has 1 saturated carbocycles. The molecule has 3 rings (SSSR count). The fraction of sp³-hybridized carbons (Fsp3) is 0.588. The van der Waals surface area contributed by atoms with Gasteiger partial charge in [0.05, 0.1) is 0 Å². The predicted octanol–water partition coefficient (Wildman–Crippen LogP) is 2.95. The topological polar surface area (TPSA) is 50.4 Å². The molecule has 1 amide bonds. The third-order valence-corrected chi connectivity index (χ3v) is 4.76. The fourth-order valence-corrected chi connectivity index (χ4v) is 3.36. The minimum absolute atomic E-state index is 0.0779. The van der Waals surface area contributed by atoms with Crippen LogP contribution >= 0.6 is 0 Å². The first-order valence-corrected chi connectivity index (χ1v) is 8.23. The summed E-state index contributed by atoms with van der Waals surface area (Å²) in [4.78, 5) is 12.4. The molecule has 0 bridgehead atoms. The number of para-hydroxylation sites is 1. The second-order valence-electron chi connectivity index (χ2n) is 6.53. The molecule has 4 nitrogen and oxygen atoms in total. The predicted molar refractivity (Wildman–Crippen MR) is 82.6 cm³/mol. The average molecular weight is 342 g/mol. The number of carbonyl (C=O) groups is 1. The molecule has 0 spiro atoms. The van der Waals surface area contributed by atoms with Crippen LogP contribution in [0.4, 0.5) is 13.2 Å². The van der Waals surface area contributed by atoms with Gasteiger partial charge >= 0.3 is 6.36 Å². The molecule has 1 saturated heterocycles. The molecule has 1 aromatic carbocycles. The van der Waals surface area contributed by atoms with Gasteiger partial charge in [0.1, 0.15) is 5.75 Å². The molecule has 24 heavy (non-hydrogen) atoms. The van der Waals surface area contributed by atoms with Crippen LogP contribution in [0.5, 0.6) is 5.75 Å². The summed E-state index contributed by atoms with van der Waals surface area (Å²) in [6.45, 7) is 2.97. The zero-order valence-electron chi connectivity index (χ0n) is 13.4.